The summed E-state index contributed by atoms with van der Waals surface area (Å²) >= 11 is 0. The first-order chi connectivity index (χ1) is 17.9. The molecule has 0 spiro atoms. The quantitative estimate of drug-likeness (QED) is 0.381. The average Bonchev–Trinajstić information content (AvgIpc) is 2.90. The van der Waals surface area contributed by atoms with Gasteiger partial charge in [0.15, 0.2) is 0 Å². The summed E-state index contributed by atoms with van der Waals surface area (Å²) in [5.74, 6) is 0. The van der Waals surface area contributed by atoms with E-state index in [9.17, 15) is 13.2 Å². The van der Waals surface area contributed by atoms with Crippen LogP contribution in [0.5, 0.6) is 0 Å². The Bertz CT molecular complexity index is 1280. The molecule has 0 unspecified atom stereocenters. The zero-order valence-corrected chi connectivity index (χ0v) is 21.6. The van der Waals surface area contributed by atoms with Crippen molar-refractivity contribution in [3.63, 3.8) is 0 Å². The van der Waals surface area contributed by atoms with Crippen molar-refractivity contribution >= 4 is 33.4 Å². The summed E-state index contributed by atoms with van der Waals surface area (Å²) in [5, 5.41) is 12.0. The van der Waals surface area contributed by atoms with Gasteiger partial charge in [-0.1, -0.05) is 60.7 Å². The lowest BCUT2D eigenvalue weighted by molar-refractivity contribution is -0.122. The number of piperidine rings is 1. The van der Waals surface area contributed by atoms with Gasteiger partial charge in [0.2, 0.25) is 10.0 Å². The summed E-state index contributed by atoms with van der Waals surface area (Å²) < 4.78 is 34.5. The lowest BCUT2D eigenvalue weighted by Crippen LogP contribution is -2.46. The van der Waals surface area contributed by atoms with E-state index in [-0.39, 0.29) is 23.5 Å². The van der Waals surface area contributed by atoms with Crippen LogP contribution in [0.2, 0.25) is 0 Å². The number of fused-ring (bicyclic) bond motifs is 1. The number of hydrogen-bond donors (Lipinski definition) is 3. The molecule has 1 amide bonds. The van der Waals surface area contributed by atoms with Crippen molar-refractivity contribution in [3.8, 4) is 0 Å². The van der Waals surface area contributed by atoms with Crippen molar-refractivity contribution in [2.45, 2.75) is 43.8 Å². The van der Waals surface area contributed by atoms with E-state index in [4.69, 9.17) is 14.6 Å². The molecule has 0 aliphatic carbocycles. The van der Waals surface area contributed by atoms with Gasteiger partial charge in [-0.05, 0) is 42.3 Å². The monoisotopic (exact) mass is 527 g/mol. The summed E-state index contributed by atoms with van der Waals surface area (Å²) in [7, 11) is -3.72. The van der Waals surface area contributed by atoms with Crippen LogP contribution in [0, 0.1) is 0 Å². The Morgan fingerprint density at radius 2 is 1.62 bits per heavy atom. The van der Waals surface area contributed by atoms with Crippen LogP contribution in [0.25, 0.3) is 10.8 Å². The van der Waals surface area contributed by atoms with Crippen LogP contribution < -0.4 is 10.0 Å². The number of rotatable bonds is 8. The molecule has 3 N–H and O–H groups in total. The van der Waals surface area contributed by atoms with Crippen LogP contribution in [0.3, 0.4) is 0 Å². The summed E-state index contributed by atoms with van der Waals surface area (Å²) in [6.07, 6.45) is 0.765. The zero-order chi connectivity index (χ0) is 26.7. The van der Waals surface area contributed by atoms with Crippen LogP contribution in [0.15, 0.2) is 71.6 Å². The zero-order valence-electron chi connectivity index (χ0n) is 20.8. The normalized spacial score (nSPS) is 14.0. The van der Waals surface area contributed by atoms with Gasteiger partial charge in [-0.2, -0.15) is 0 Å². The number of amides is 1. The number of nitrogens with zero attached hydrogens (tertiary/aromatic N) is 1. The van der Waals surface area contributed by atoms with Crippen LogP contribution in [-0.4, -0.2) is 56.7 Å². The van der Waals surface area contributed by atoms with E-state index in [2.05, 4.69) is 22.2 Å². The molecule has 0 atom stereocenters. The number of carbonyl (C=O) groups is 2. The minimum atomic E-state index is -3.72. The van der Waals surface area contributed by atoms with Gasteiger partial charge in [0, 0.05) is 37.6 Å². The summed E-state index contributed by atoms with van der Waals surface area (Å²) in [4.78, 5) is 22.2. The van der Waals surface area contributed by atoms with Gasteiger partial charge in [-0.25, -0.2) is 17.9 Å². The first kappa shape index (κ1) is 28.1. The van der Waals surface area contributed by atoms with Crippen LogP contribution in [0.4, 0.5) is 4.79 Å². The molecule has 1 aliphatic rings. The van der Waals surface area contributed by atoms with Gasteiger partial charge in [0.25, 0.3) is 6.47 Å². The van der Waals surface area contributed by atoms with Gasteiger partial charge in [0.1, 0.15) is 0 Å². The second-order valence-corrected chi connectivity index (χ2v) is 10.2. The molecule has 1 saturated heterocycles. The highest BCUT2D eigenvalue weighted by molar-refractivity contribution is 7.89. The maximum absolute atomic E-state index is 13.3. The largest absolute Gasteiger partial charge is 0.483 e. The molecule has 0 radical (unpaired) electrons. The van der Waals surface area contributed by atoms with E-state index in [0.717, 1.165) is 17.5 Å². The third kappa shape index (κ3) is 7.75. The van der Waals surface area contributed by atoms with Crippen molar-refractivity contribution in [2.24, 2.45) is 0 Å². The molecule has 0 saturated carbocycles. The van der Waals surface area contributed by atoms with Crippen molar-refractivity contribution in [3.05, 3.63) is 77.9 Å². The standard InChI is InChI=1S/C26H31N3O4S.CH2O2/c1-2-33-26(30)29-16-14-22(15-17-29)28-34(31,32)25-13-12-21(23-10-6-7-11-24(23)25)19-27-18-20-8-4-3-5-9-20;2-1-3/h3-13,22,27-28H,2,14-19H2,1H3;1H,(H,2,3). The molecule has 0 bridgehead atoms. The number of sulfonamides is 1. The molecule has 37 heavy (non-hydrogen) atoms. The summed E-state index contributed by atoms with van der Waals surface area (Å²) in [6, 6.07) is 21.1. The van der Waals surface area contributed by atoms with E-state index >= 15 is 0 Å². The van der Waals surface area contributed by atoms with Gasteiger partial charge in [-0.15, -0.1) is 0 Å². The highest BCUT2D eigenvalue weighted by atomic mass is 32.2. The van der Waals surface area contributed by atoms with E-state index < -0.39 is 10.0 Å². The maximum Gasteiger partial charge on any atom is 0.409 e. The molecule has 1 fully saturated rings. The van der Waals surface area contributed by atoms with Gasteiger partial charge < -0.3 is 20.1 Å². The molecule has 198 valence electrons. The van der Waals surface area contributed by atoms with Crippen LogP contribution in [0.1, 0.15) is 30.9 Å². The second kappa shape index (κ2) is 13.7. The topological polar surface area (TPSA) is 125 Å². The molecule has 9 nitrogen and oxygen atoms in total. The maximum atomic E-state index is 13.3. The molecule has 3 aromatic carbocycles. The fourth-order valence-electron chi connectivity index (χ4n) is 4.34. The second-order valence-electron chi connectivity index (χ2n) is 8.54. The molecule has 10 heteroatoms. The molecular weight excluding hydrogens is 494 g/mol. The lowest BCUT2D eigenvalue weighted by atomic mass is 10.0. The average molecular weight is 528 g/mol. The van der Waals surface area contributed by atoms with Crippen LogP contribution >= 0.6 is 0 Å². The van der Waals surface area contributed by atoms with E-state index in [1.54, 1.807) is 17.9 Å². The molecule has 0 aromatic heterocycles. The van der Waals surface area contributed by atoms with Crippen molar-refractivity contribution in [2.75, 3.05) is 19.7 Å². The summed E-state index contributed by atoms with van der Waals surface area (Å²) in [5.41, 5.74) is 2.25. The first-order valence-corrected chi connectivity index (χ1v) is 13.6. The van der Waals surface area contributed by atoms with Crippen molar-refractivity contribution in [1.29, 1.82) is 0 Å². The van der Waals surface area contributed by atoms with E-state index in [1.165, 1.54) is 5.56 Å². The first-order valence-electron chi connectivity index (χ1n) is 12.2. The Morgan fingerprint density at radius 3 is 2.27 bits per heavy atom. The Balaban J connectivity index is 0.00000121. The predicted molar refractivity (Wildman–Crippen MR) is 142 cm³/mol. The molecule has 1 aliphatic heterocycles. The minimum Gasteiger partial charge on any atom is -0.483 e. The molecule has 4 rings (SSSR count). The third-order valence-electron chi connectivity index (χ3n) is 6.09. The fourth-order valence-corrected chi connectivity index (χ4v) is 5.85. The number of carbonyl (C=O) groups excluding carboxylic acids is 1. The Hall–Kier alpha value is -3.47. The predicted octanol–water partition coefficient (Wildman–Crippen LogP) is 3.73. The van der Waals surface area contributed by atoms with E-state index in [1.807, 2.05) is 48.5 Å². The van der Waals surface area contributed by atoms with Gasteiger partial charge in [0.05, 0.1) is 11.5 Å². The molecule has 3 aromatic rings. The smallest absolute Gasteiger partial charge is 0.409 e. The van der Waals surface area contributed by atoms with E-state index in [0.29, 0.717) is 44.5 Å². The van der Waals surface area contributed by atoms with Crippen molar-refractivity contribution < 1.29 is 27.9 Å². The number of carboxylic acid groups (broad SMARTS) is 1. The van der Waals surface area contributed by atoms with Gasteiger partial charge in [-0.3, -0.25) is 4.79 Å². The Morgan fingerprint density at radius 1 is 1.00 bits per heavy atom. The van der Waals surface area contributed by atoms with Crippen molar-refractivity contribution in [1.82, 2.24) is 14.9 Å². The number of nitrogens with one attached hydrogen (secondary N) is 2. The lowest BCUT2D eigenvalue weighted by Gasteiger charge is -2.31. The molecule has 1 heterocycles. The number of benzene rings is 3. The Labute approximate surface area is 217 Å². The Kier molecular flexibility index (Phi) is 10.4. The number of likely N-dealkylation sites (tertiary alicyclic amines) is 1. The number of hydrogen-bond acceptors (Lipinski definition) is 6. The summed E-state index contributed by atoms with van der Waals surface area (Å²) in [6.45, 7) is 4.16. The highest BCUT2D eigenvalue weighted by Gasteiger charge is 2.28. The van der Waals surface area contributed by atoms with Crippen LogP contribution in [-0.2, 0) is 32.6 Å². The molecular formula is C27H33N3O6S. The number of ether oxygens (including phenoxy) is 1. The minimum absolute atomic E-state index is 0.221. The SMILES string of the molecule is CCOC(=O)N1CCC(NS(=O)(=O)c2ccc(CNCc3ccccc3)c3ccccc23)CC1.O=CO. The highest BCUT2D eigenvalue weighted by Crippen LogP contribution is 2.27. The fraction of sp³-hybridized carbons (Fsp3) is 0.333. The van der Waals surface area contributed by atoms with Gasteiger partial charge >= 0.3 is 6.09 Å². The third-order valence-corrected chi connectivity index (χ3v) is 7.67.